The fraction of sp³-hybridized carbons (Fsp3) is 0.902. The van der Waals surface area contributed by atoms with E-state index >= 15 is 0 Å². The molecule has 0 aliphatic heterocycles. The van der Waals surface area contributed by atoms with Crippen LogP contribution in [0.2, 0.25) is 0 Å². The Hall–Kier alpha value is -0.850. The first kappa shape index (κ1) is 49.2. The number of rotatable bonds is 43. The van der Waals surface area contributed by atoms with E-state index in [4.69, 9.17) is 0 Å². The fourth-order valence-corrected chi connectivity index (χ4v) is 8.50. The Morgan fingerprint density at radius 3 is 0.904 bits per heavy atom. The standard InChI is InChI=1S/C51H98N/c1-4-7-10-13-16-19-21-23-25-27-29-31-33-35-38-41-45-50-46-44-49-52(48-43-40-37-18-15-12-9-6-3)51(50)47-42-39-36-34-32-30-28-26-24-22-20-17-14-11-8-5-2/h44,46,49H,4-43,45,47-48H2,1-3H3/q+1. The third kappa shape index (κ3) is 32.6. The van der Waals surface area contributed by atoms with Crippen LogP contribution in [0.5, 0.6) is 0 Å². The summed E-state index contributed by atoms with van der Waals surface area (Å²) in [4.78, 5) is 0. The second-order valence-electron chi connectivity index (χ2n) is 17.3. The average Bonchev–Trinajstić information content (AvgIpc) is 3.16. The van der Waals surface area contributed by atoms with E-state index in [0.717, 1.165) is 0 Å². The van der Waals surface area contributed by atoms with Gasteiger partial charge in [-0.15, -0.1) is 0 Å². The SMILES string of the molecule is CCCCCCCCCCCCCCCCCCc1ccc[n+](CCCCCCCCCC)c1CCCCCCCCCCCCCCCCCC. The number of aryl methyl sites for hydroxylation is 2. The van der Waals surface area contributed by atoms with Gasteiger partial charge in [0.2, 0.25) is 0 Å². The molecule has 0 spiro atoms. The summed E-state index contributed by atoms with van der Waals surface area (Å²) < 4.78 is 2.68. The van der Waals surface area contributed by atoms with Gasteiger partial charge < -0.3 is 0 Å². The van der Waals surface area contributed by atoms with Crippen LogP contribution < -0.4 is 4.57 Å². The maximum Gasteiger partial charge on any atom is 0.184 e. The molecular formula is C51H98N+. The van der Waals surface area contributed by atoms with Crippen LogP contribution in [0.15, 0.2) is 18.3 Å². The molecule has 0 fully saturated rings. The first-order valence-corrected chi connectivity index (χ1v) is 24.8. The van der Waals surface area contributed by atoms with Gasteiger partial charge in [-0.1, -0.05) is 252 Å². The molecule has 0 aliphatic carbocycles. The number of unbranched alkanes of at least 4 members (excludes halogenated alkanes) is 37. The minimum atomic E-state index is 1.23. The number of pyridine rings is 1. The van der Waals surface area contributed by atoms with Crippen molar-refractivity contribution in [1.29, 1.82) is 0 Å². The molecule has 0 amide bonds. The molecule has 52 heavy (non-hydrogen) atoms. The van der Waals surface area contributed by atoms with Crippen LogP contribution in [0.3, 0.4) is 0 Å². The summed E-state index contributed by atoms with van der Waals surface area (Å²) in [5.74, 6) is 0. The number of hydrogen-bond acceptors (Lipinski definition) is 0. The van der Waals surface area contributed by atoms with Crippen molar-refractivity contribution in [3.8, 4) is 0 Å². The lowest BCUT2D eigenvalue weighted by molar-refractivity contribution is -0.705. The van der Waals surface area contributed by atoms with Crippen LogP contribution in [0.25, 0.3) is 0 Å². The third-order valence-electron chi connectivity index (χ3n) is 12.1. The molecule has 306 valence electrons. The molecule has 1 heteroatoms. The minimum absolute atomic E-state index is 1.23. The Kier molecular flexibility index (Phi) is 39.1. The van der Waals surface area contributed by atoms with Crippen LogP contribution in [0, 0.1) is 0 Å². The van der Waals surface area contributed by atoms with Crippen molar-refractivity contribution in [1.82, 2.24) is 0 Å². The molecule has 1 nitrogen and oxygen atoms in total. The van der Waals surface area contributed by atoms with Gasteiger partial charge in [0, 0.05) is 24.5 Å². The number of hydrogen-bond donors (Lipinski definition) is 0. The highest BCUT2D eigenvalue weighted by Crippen LogP contribution is 2.18. The van der Waals surface area contributed by atoms with E-state index in [1.807, 2.05) is 0 Å². The first-order valence-electron chi connectivity index (χ1n) is 24.8. The molecule has 0 unspecified atom stereocenters. The summed E-state index contributed by atoms with van der Waals surface area (Å²) in [6.45, 7) is 8.19. The molecule has 0 bridgehead atoms. The van der Waals surface area contributed by atoms with Crippen LogP contribution in [-0.2, 0) is 19.4 Å². The maximum absolute atomic E-state index is 2.68. The van der Waals surface area contributed by atoms with Gasteiger partial charge in [0.15, 0.2) is 11.9 Å². The van der Waals surface area contributed by atoms with E-state index in [0.29, 0.717) is 0 Å². The summed E-state index contributed by atoms with van der Waals surface area (Å²) in [5, 5.41) is 0. The van der Waals surface area contributed by atoms with Gasteiger partial charge in [-0.3, -0.25) is 0 Å². The smallest absolute Gasteiger partial charge is 0.184 e. The molecule has 1 aromatic heterocycles. The van der Waals surface area contributed by atoms with Crippen molar-refractivity contribution >= 4 is 0 Å². The van der Waals surface area contributed by atoms with Gasteiger partial charge in [0.1, 0.15) is 6.54 Å². The van der Waals surface area contributed by atoms with E-state index in [1.54, 1.807) is 11.3 Å². The highest BCUT2D eigenvalue weighted by atomic mass is 15.0. The molecule has 1 aromatic rings. The van der Waals surface area contributed by atoms with E-state index in [1.165, 1.54) is 276 Å². The maximum atomic E-state index is 2.68. The average molecular weight is 725 g/mol. The third-order valence-corrected chi connectivity index (χ3v) is 12.1. The van der Waals surface area contributed by atoms with Crippen LogP contribution in [-0.4, -0.2) is 0 Å². The Bertz CT molecular complexity index is 813. The highest BCUT2D eigenvalue weighted by Gasteiger charge is 2.15. The topological polar surface area (TPSA) is 3.88 Å². The summed E-state index contributed by atoms with van der Waals surface area (Å²) in [6, 6.07) is 4.85. The number of aromatic nitrogens is 1. The molecule has 0 saturated carbocycles. The van der Waals surface area contributed by atoms with Crippen molar-refractivity contribution in [3.63, 3.8) is 0 Å². The summed E-state index contributed by atoms with van der Waals surface area (Å²) >= 11 is 0. The second kappa shape index (κ2) is 41.3. The van der Waals surface area contributed by atoms with Gasteiger partial charge >= 0.3 is 0 Å². The Labute approximate surface area is 330 Å². The van der Waals surface area contributed by atoms with Crippen molar-refractivity contribution in [2.45, 2.75) is 297 Å². The Balaban J connectivity index is 2.28. The molecule has 1 heterocycles. The highest BCUT2D eigenvalue weighted by molar-refractivity contribution is 5.16. The minimum Gasteiger partial charge on any atom is -0.202 e. The van der Waals surface area contributed by atoms with Gasteiger partial charge in [-0.25, -0.2) is 4.57 Å². The van der Waals surface area contributed by atoms with Crippen LogP contribution in [0.4, 0.5) is 0 Å². The van der Waals surface area contributed by atoms with E-state index < -0.39 is 0 Å². The summed E-state index contributed by atoms with van der Waals surface area (Å²) in [7, 11) is 0. The molecule has 0 radical (unpaired) electrons. The van der Waals surface area contributed by atoms with Crippen molar-refractivity contribution in [2.75, 3.05) is 0 Å². The van der Waals surface area contributed by atoms with Crippen molar-refractivity contribution in [3.05, 3.63) is 29.6 Å². The van der Waals surface area contributed by atoms with Crippen LogP contribution in [0.1, 0.15) is 289 Å². The molecule has 0 saturated heterocycles. The lowest BCUT2D eigenvalue weighted by Gasteiger charge is -2.11. The van der Waals surface area contributed by atoms with Crippen molar-refractivity contribution < 1.29 is 4.57 Å². The molecule has 0 aromatic carbocycles. The predicted octanol–water partition coefficient (Wildman–Crippen LogP) is 17.7. The Morgan fingerprint density at radius 2 is 0.577 bits per heavy atom. The zero-order valence-corrected chi connectivity index (χ0v) is 36.6. The van der Waals surface area contributed by atoms with Gasteiger partial charge in [-0.05, 0) is 31.7 Å². The van der Waals surface area contributed by atoms with Gasteiger partial charge in [0.05, 0.1) is 0 Å². The number of nitrogens with zero attached hydrogens (tertiary/aromatic N) is 1. The molecular weight excluding hydrogens is 627 g/mol. The zero-order chi connectivity index (χ0) is 37.3. The van der Waals surface area contributed by atoms with E-state index in [-0.39, 0.29) is 0 Å². The Morgan fingerprint density at radius 1 is 0.308 bits per heavy atom. The molecule has 1 rings (SSSR count). The van der Waals surface area contributed by atoms with Crippen LogP contribution >= 0.6 is 0 Å². The van der Waals surface area contributed by atoms with Crippen molar-refractivity contribution in [2.24, 2.45) is 0 Å². The van der Waals surface area contributed by atoms with Gasteiger partial charge in [-0.2, -0.15) is 0 Å². The normalized spacial score (nSPS) is 11.6. The first-order chi connectivity index (χ1) is 25.8. The molecule has 0 N–H and O–H groups in total. The van der Waals surface area contributed by atoms with Gasteiger partial charge in [0.25, 0.3) is 0 Å². The second-order valence-corrected chi connectivity index (χ2v) is 17.3. The zero-order valence-electron chi connectivity index (χ0n) is 36.6. The monoisotopic (exact) mass is 725 g/mol. The fourth-order valence-electron chi connectivity index (χ4n) is 8.50. The lowest BCUT2D eigenvalue weighted by Crippen LogP contribution is -2.39. The van der Waals surface area contributed by atoms with E-state index in [9.17, 15) is 0 Å². The molecule has 0 aliphatic rings. The summed E-state index contributed by atoms with van der Waals surface area (Å²) in [5.41, 5.74) is 3.37. The summed E-state index contributed by atoms with van der Waals surface area (Å²) in [6.07, 6.45) is 62.7. The quantitative estimate of drug-likeness (QED) is 0.0466. The predicted molar refractivity (Wildman–Crippen MR) is 236 cm³/mol. The van der Waals surface area contributed by atoms with E-state index in [2.05, 4.69) is 43.7 Å². The largest absolute Gasteiger partial charge is 0.202 e. The lowest BCUT2D eigenvalue weighted by atomic mass is 9.99. The molecule has 0 atom stereocenters.